The minimum Gasteiger partial charge on any atom is -0.467 e. The smallest absolute Gasteiger partial charge is 0.280 e. The van der Waals surface area contributed by atoms with E-state index in [1.54, 1.807) is 41.1 Å². The molecule has 0 atom stereocenters. The summed E-state index contributed by atoms with van der Waals surface area (Å²) in [6.07, 6.45) is 14.1. The Hall–Kier alpha value is -1.47. The van der Waals surface area contributed by atoms with Crippen LogP contribution < -0.4 is 4.74 Å². The Morgan fingerprint density at radius 3 is 1.50 bits per heavy atom. The minimum atomic E-state index is -0.803. The van der Waals surface area contributed by atoms with Gasteiger partial charge in [0.2, 0.25) is 5.88 Å². The molecule has 50 heavy (non-hydrogen) atoms. The number of rotatable bonds is 6. The topological polar surface area (TPSA) is 124 Å². The number of carbonyl (C=O) groups is 4. The molecule has 274 valence electrons. The van der Waals surface area contributed by atoms with E-state index in [-0.39, 0.29) is 80.1 Å². The van der Waals surface area contributed by atoms with Gasteiger partial charge in [-0.3, -0.25) is 19.2 Å². The number of aliphatic hydroxyl groups excluding tert-OH is 1. The minimum absolute atomic E-state index is 0. The van der Waals surface area contributed by atoms with Gasteiger partial charge in [-0.2, -0.15) is 0 Å². The molecule has 1 N–H and O–H groups in total. The molecule has 0 unspecified atom stereocenters. The summed E-state index contributed by atoms with van der Waals surface area (Å²) >= 11 is 3.34. The van der Waals surface area contributed by atoms with Gasteiger partial charge in [-0.25, -0.2) is 25.0 Å². The summed E-state index contributed by atoms with van der Waals surface area (Å²) in [5.41, 5.74) is -1.60. The quantitative estimate of drug-likeness (QED) is 0.449. The molecule has 4 amide bonds. The van der Waals surface area contributed by atoms with Crippen LogP contribution in [0.5, 0.6) is 5.88 Å². The van der Waals surface area contributed by atoms with Crippen LogP contribution in [-0.2, 0) is 19.2 Å². The number of amides is 4. The van der Waals surface area contributed by atoms with Crippen LogP contribution in [0.3, 0.4) is 0 Å². The molecule has 2 aliphatic heterocycles. The monoisotopic (exact) mass is 779 g/mol. The number of hydrogen-bond acceptors (Lipinski definition) is 7. The zero-order chi connectivity index (χ0) is 34.6. The summed E-state index contributed by atoms with van der Waals surface area (Å²) in [6, 6.07) is 3.92. The predicted molar refractivity (Wildman–Crippen MR) is 182 cm³/mol. The van der Waals surface area contributed by atoms with Gasteiger partial charge in [0.15, 0.2) is 6.61 Å². The molecule has 8 aliphatic carbocycles. The fourth-order valence-electron chi connectivity index (χ4n) is 12.1. The summed E-state index contributed by atoms with van der Waals surface area (Å²) < 4.78 is 6.46. The molecule has 8 saturated carbocycles. The van der Waals surface area contributed by atoms with E-state index in [0.29, 0.717) is 29.6 Å². The van der Waals surface area contributed by atoms with E-state index in [0.717, 1.165) is 28.1 Å². The summed E-state index contributed by atoms with van der Waals surface area (Å²) in [7, 11) is 0. The SMILES string of the molecule is CC1(C)C(=O)N(C2C3CC4CC(C3)CC2C4)N1C(=O)CO.CC1(C)C(=O)N(C2C3CC4CC(C3)CC2C4)N1C(=O)COc1ccc(Br)cn1.[Ar]. The number of carbonyl (C=O) groups excluding carboxylic acids is 4. The van der Waals surface area contributed by atoms with E-state index < -0.39 is 17.7 Å². The van der Waals surface area contributed by atoms with Gasteiger partial charge in [0.05, 0.1) is 12.1 Å². The molecule has 11 rings (SSSR count). The van der Waals surface area contributed by atoms with Crippen LogP contribution in [0, 0.1) is 85.1 Å². The number of pyridine rings is 1. The van der Waals surface area contributed by atoms with Crippen molar-refractivity contribution in [2.75, 3.05) is 13.2 Å². The number of hydrogen-bond donors (Lipinski definition) is 1. The Balaban J connectivity index is 0.000000160. The number of ether oxygens (including phenoxy) is 1. The van der Waals surface area contributed by atoms with Crippen molar-refractivity contribution in [3.05, 3.63) is 22.8 Å². The molecule has 0 aromatic carbocycles. The van der Waals surface area contributed by atoms with Crippen molar-refractivity contribution in [3.8, 4) is 5.88 Å². The molecule has 10 fully saturated rings. The molecule has 3 heterocycles. The van der Waals surface area contributed by atoms with Crippen LogP contribution in [0.2, 0.25) is 0 Å². The fraction of sp³-hybridized carbons (Fsp3) is 0.757. The van der Waals surface area contributed by atoms with Gasteiger partial charge in [0, 0.05) is 54.5 Å². The Labute approximate surface area is 333 Å². The van der Waals surface area contributed by atoms with Crippen molar-refractivity contribution in [2.45, 2.75) is 115 Å². The van der Waals surface area contributed by atoms with Crippen molar-refractivity contribution < 1.29 is 66.8 Å². The maximum absolute atomic E-state index is 13.0. The van der Waals surface area contributed by atoms with Crippen molar-refractivity contribution in [1.29, 1.82) is 0 Å². The van der Waals surface area contributed by atoms with Crippen molar-refractivity contribution in [3.63, 3.8) is 0 Å². The van der Waals surface area contributed by atoms with E-state index in [4.69, 9.17) is 4.74 Å². The predicted octanol–water partition coefficient (Wildman–Crippen LogP) is 4.58. The first-order chi connectivity index (χ1) is 23.3. The summed E-state index contributed by atoms with van der Waals surface area (Å²) in [5, 5.41) is 15.9. The van der Waals surface area contributed by atoms with Gasteiger partial charge < -0.3 is 9.84 Å². The Kier molecular flexibility index (Phi) is 9.90. The third-order valence-electron chi connectivity index (χ3n) is 13.5. The number of aliphatic hydroxyl groups is 1. The van der Waals surface area contributed by atoms with Crippen molar-refractivity contribution >= 4 is 39.6 Å². The van der Waals surface area contributed by atoms with E-state index in [1.807, 2.05) is 19.9 Å². The average molecular weight is 781 g/mol. The van der Waals surface area contributed by atoms with Gasteiger partial charge in [0.25, 0.3) is 23.6 Å². The zero-order valence-electron chi connectivity index (χ0n) is 29.4. The third-order valence-corrected chi connectivity index (χ3v) is 14.0. The van der Waals surface area contributed by atoms with Gasteiger partial charge in [-0.05, 0) is 161 Å². The largest absolute Gasteiger partial charge is 0.467 e. The van der Waals surface area contributed by atoms with Gasteiger partial charge in [0.1, 0.15) is 17.7 Å². The normalized spacial score (nSPS) is 37.8. The molecule has 10 aliphatic rings. The van der Waals surface area contributed by atoms with Gasteiger partial charge in [-0.15, -0.1) is 0 Å². The van der Waals surface area contributed by atoms with Gasteiger partial charge in [-0.1, -0.05) is 0 Å². The number of hydrazine groups is 2. The van der Waals surface area contributed by atoms with Crippen LogP contribution in [0.1, 0.15) is 91.9 Å². The molecule has 0 radical (unpaired) electrons. The molecule has 1 aromatic rings. The second kappa shape index (κ2) is 13.4. The van der Waals surface area contributed by atoms with Crippen LogP contribution in [0.25, 0.3) is 0 Å². The second-order valence-electron chi connectivity index (χ2n) is 17.4. The zero-order valence-corrected chi connectivity index (χ0v) is 31.7. The first-order valence-electron chi connectivity index (χ1n) is 18.5. The van der Waals surface area contributed by atoms with Gasteiger partial charge >= 0.3 is 0 Å². The summed E-state index contributed by atoms with van der Waals surface area (Å²) in [4.78, 5) is 54.9. The Bertz CT molecular complexity index is 1480. The van der Waals surface area contributed by atoms with Crippen LogP contribution in [0.15, 0.2) is 22.8 Å². The van der Waals surface area contributed by atoms with Crippen molar-refractivity contribution in [1.82, 2.24) is 25.0 Å². The maximum Gasteiger partial charge on any atom is 0.280 e. The fourth-order valence-corrected chi connectivity index (χ4v) is 12.3. The molecule has 2 saturated heterocycles. The second-order valence-corrected chi connectivity index (χ2v) is 18.3. The van der Waals surface area contributed by atoms with Crippen molar-refractivity contribution in [2.24, 2.45) is 47.3 Å². The molecular weight excluding hydrogens is 730 g/mol. The molecular formula is C37H50ArBrN5O6. The molecule has 8 bridgehead atoms. The maximum atomic E-state index is 13.0. The van der Waals surface area contributed by atoms with E-state index in [9.17, 15) is 24.3 Å². The Morgan fingerprint density at radius 1 is 0.740 bits per heavy atom. The molecule has 11 nitrogen and oxygen atoms in total. The van der Waals surface area contributed by atoms with E-state index >= 15 is 0 Å². The van der Waals surface area contributed by atoms with Crippen LogP contribution in [-0.4, -0.2) is 90.1 Å². The number of aromatic nitrogens is 1. The van der Waals surface area contributed by atoms with E-state index in [2.05, 4.69) is 20.9 Å². The average Bonchev–Trinajstić information content (AvgIpc) is 3.05. The van der Waals surface area contributed by atoms with Crippen LogP contribution in [0.4, 0.5) is 0 Å². The van der Waals surface area contributed by atoms with E-state index in [1.165, 1.54) is 69.2 Å². The van der Waals surface area contributed by atoms with Crippen LogP contribution >= 0.6 is 15.9 Å². The number of nitrogens with zero attached hydrogens (tertiary/aromatic N) is 5. The summed E-state index contributed by atoms with van der Waals surface area (Å²) in [5.74, 6) is 5.52. The summed E-state index contributed by atoms with van der Waals surface area (Å²) in [6.45, 7) is 6.57. The molecule has 0 spiro atoms. The third kappa shape index (κ3) is 5.93. The standard InChI is InChI=1S/C21H26BrN3O3.C16H24N2O3.Ar/c1-21(2)20(27)24(19-14-6-12-5-13(8-14)9-15(19)7-12)25(21)18(26)11-28-17-4-3-16(22)10-23-17;1-16(2)15(21)17(18(16)13(20)8-19)14-11-4-9-3-10(6-11)7-12(14)5-9;/h3-4,10,12-15,19H,5-9,11H2,1-2H3;9-12,14,19H,3-8H2,1-2H3;. The first-order valence-corrected chi connectivity index (χ1v) is 19.3. The molecule has 13 heteroatoms. The number of halogens is 1. The first kappa shape index (κ1) is 36.9. The molecule has 1 aromatic heterocycles. The Morgan fingerprint density at radius 2 is 1.14 bits per heavy atom.